The van der Waals surface area contributed by atoms with Crippen molar-refractivity contribution in [2.75, 3.05) is 5.73 Å². The summed E-state index contributed by atoms with van der Waals surface area (Å²) in [7, 11) is 0. The van der Waals surface area contributed by atoms with Gasteiger partial charge in [-0.1, -0.05) is 12.1 Å². The molecular weight excluding hydrogens is 362 g/mol. The standard InChI is InChI=1S/C13H12FIN2S/c14-9-5-1-3-7(11(9)15)8-4-2-6-10-12(8)18-13(16)17-10/h1,3,5,8H,2,4,6H2,(H2,16,17). The summed E-state index contributed by atoms with van der Waals surface area (Å²) in [6.45, 7) is 0. The average Bonchev–Trinajstić information content (AvgIpc) is 2.73. The van der Waals surface area contributed by atoms with E-state index in [9.17, 15) is 4.39 Å². The van der Waals surface area contributed by atoms with E-state index in [1.807, 2.05) is 6.07 Å². The van der Waals surface area contributed by atoms with Crippen LogP contribution in [0.3, 0.4) is 0 Å². The van der Waals surface area contributed by atoms with E-state index in [-0.39, 0.29) is 11.7 Å². The molecule has 1 unspecified atom stereocenters. The van der Waals surface area contributed by atoms with Crippen molar-refractivity contribution in [3.05, 3.63) is 43.7 Å². The number of nitrogens with zero attached hydrogens (tertiary/aromatic N) is 1. The second-order valence-corrected chi connectivity index (χ2v) is 6.59. The van der Waals surface area contributed by atoms with Crippen molar-refractivity contribution < 1.29 is 4.39 Å². The van der Waals surface area contributed by atoms with Gasteiger partial charge in [0.1, 0.15) is 5.82 Å². The molecule has 0 aliphatic heterocycles. The molecule has 0 spiro atoms. The molecule has 2 N–H and O–H groups in total. The van der Waals surface area contributed by atoms with Gasteiger partial charge in [0.15, 0.2) is 5.13 Å². The van der Waals surface area contributed by atoms with Gasteiger partial charge in [-0.3, -0.25) is 0 Å². The van der Waals surface area contributed by atoms with Crippen LogP contribution in [0.5, 0.6) is 0 Å². The largest absolute Gasteiger partial charge is 0.375 e. The Balaban J connectivity index is 2.11. The molecule has 0 amide bonds. The molecule has 18 heavy (non-hydrogen) atoms. The maximum Gasteiger partial charge on any atom is 0.180 e. The molecule has 1 aliphatic carbocycles. The average molecular weight is 374 g/mol. The zero-order valence-electron chi connectivity index (χ0n) is 9.62. The number of nitrogen functional groups attached to an aromatic ring is 1. The number of thiazole rings is 1. The molecule has 94 valence electrons. The molecule has 0 saturated carbocycles. The number of rotatable bonds is 1. The number of anilines is 1. The number of hydrogen-bond donors (Lipinski definition) is 1. The van der Waals surface area contributed by atoms with Crippen LogP contribution in [-0.2, 0) is 6.42 Å². The van der Waals surface area contributed by atoms with Crippen molar-refractivity contribution in [2.24, 2.45) is 0 Å². The molecule has 1 heterocycles. The van der Waals surface area contributed by atoms with Gasteiger partial charge in [-0.15, -0.1) is 11.3 Å². The number of fused-ring (bicyclic) bond motifs is 1. The lowest BCUT2D eigenvalue weighted by atomic mass is 9.86. The molecule has 5 heteroatoms. The van der Waals surface area contributed by atoms with Gasteiger partial charge in [0.2, 0.25) is 0 Å². The van der Waals surface area contributed by atoms with E-state index in [0.717, 1.165) is 34.1 Å². The lowest BCUT2D eigenvalue weighted by molar-refractivity contribution is 0.592. The van der Waals surface area contributed by atoms with Crippen LogP contribution in [0, 0.1) is 9.39 Å². The van der Waals surface area contributed by atoms with Gasteiger partial charge in [-0.2, -0.15) is 0 Å². The minimum absolute atomic E-state index is 0.141. The van der Waals surface area contributed by atoms with Crippen LogP contribution in [0.15, 0.2) is 18.2 Å². The summed E-state index contributed by atoms with van der Waals surface area (Å²) < 4.78 is 14.4. The molecule has 0 bridgehead atoms. The molecule has 0 saturated heterocycles. The number of aromatic nitrogens is 1. The molecule has 1 aromatic heterocycles. The predicted molar refractivity (Wildman–Crippen MR) is 80.4 cm³/mol. The Morgan fingerprint density at radius 2 is 2.28 bits per heavy atom. The highest BCUT2D eigenvalue weighted by molar-refractivity contribution is 14.1. The molecule has 1 aromatic carbocycles. The summed E-state index contributed by atoms with van der Waals surface area (Å²) in [4.78, 5) is 5.60. The van der Waals surface area contributed by atoms with E-state index in [2.05, 4.69) is 27.6 Å². The van der Waals surface area contributed by atoms with Gasteiger partial charge in [-0.25, -0.2) is 9.37 Å². The van der Waals surface area contributed by atoms with Crippen molar-refractivity contribution in [3.63, 3.8) is 0 Å². The highest BCUT2D eigenvalue weighted by atomic mass is 127. The van der Waals surface area contributed by atoms with E-state index in [0.29, 0.717) is 5.13 Å². The van der Waals surface area contributed by atoms with Crippen molar-refractivity contribution in [2.45, 2.75) is 25.2 Å². The minimum Gasteiger partial charge on any atom is -0.375 e. The molecule has 1 aliphatic rings. The zero-order valence-corrected chi connectivity index (χ0v) is 12.6. The van der Waals surface area contributed by atoms with Crippen LogP contribution in [-0.4, -0.2) is 4.98 Å². The van der Waals surface area contributed by atoms with Crippen LogP contribution in [0.25, 0.3) is 0 Å². The Morgan fingerprint density at radius 3 is 3.11 bits per heavy atom. The van der Waals surface area contributed by atoms with E-state index < -0.39 is 0 Å². The lowest BCUT2D eigenvalue weighted by Gasteiger charge is -2.22. The first kappa shape index (κ1) is 12.3. The van der Waals surface area contributed by atoms with Crippen molar-refractivity contribution in [1.29, 1.82) is 0 Å². The van der Waals surface area contributed by atoms with Gasteiger partial charge in [-0.05, 0) is 53.5 Å². The lowest BCUT2D eigenvalue weighted by Crippen LogP contribution is -2.10. The summed E-state index contributed by atoms with van der Waals surface area (Å²) >= 11 is 3.64. The van der Waals surface area contributed by atoms with E-state index in [1.165, 1.54) is 10.9 Å². The van der Waals surface area contributed by atoms with Crippen LogP contribution in [0.2, 0.25) is 0 Å². The van der Waals surface area contributed by atoms with E-state index >= 15 is 0 Å². The Bertz CT molecular complexity index is 597. The number of benzene rings is 1. The monoisotopic (exact) mass is 374 g/mol. The Hall–Kier alpha value is -0.690. The van der Waals surface area contributed by atoms with Crippen molar-refractivity contribution in [1.82, 2.24) is 4.98 Å². The Labute approximate surface area is 123 Å². The normalized spacial score (nSPS) is 18.7. The molecule has 1 atom stereocenters. The number of halogens is 2. The first-order chi connectivity index (χ1) is 8.66. The molecule has 3 rings (SSSR count). The predicted octanol–water partition coefficient (Wildman–Crippen LogP) is 3.94. The fourth-order valence-corrected chi connectivity index (χ4v) is 4.29. The summed E-state index contributed by atoms with van der Waals surface area (Å²) in [5.41, 5.74) is 7.97. The summed E-state index contributed by atoms with van der Waals surface area (Å²) in [5.74, 6) is 0.115. The van der Waals surface area contributed by atoms with Gasteiger partial charge < -0.3 is 5.73 Å². The van der Waals surface area contributed by atoms with Crippen LogP contribution < -0.4 is 5.73 Å². The second-order valence-electron chi connectivity index (χ2n) is 4.45. The third-order valence-electron chi connectivity index (χ3n) is 3.32. The first-order valence-electron chi connectivity index (χ1n) is 5.86. The zero-order chi connectivity index (χ0) is 12.7. The van der Waals surface area contributed by atoms with Gasteiger partial charge in [0.05, 0.1) is 9.26 Å². The first-order valence-corrected chi connectivity index (χ1v) is 7.75. The minimum atomic E-state index is -0.141. The summed E-state index contributed by atoms with van der Waals surface area (Å²) in [6, 6.07) is 5.31. The molecule has 0 fully saturated rings. The smallest absolute Gasteiger partial charge is 0.180 e. The Morgan fingerprint density at radius 1 is 1.44 bits per heavy atom. The number of hydrogen-bond acceptors (Lipinski definition) is 3. The quantitative estimate of drug-likeness (QED) is 0.769. The maximum absolute atomic E-state index is 13.7. The number of nitrogens with two attached hydrogens (primary N) is 1. The SMILES string of the molecule is Nc1nc2c(s1)C(c1cccc(F)c1I)CCC2. The van der Waals surface area contributed by atoms with E-state index in [4.69, 9.17) is 5.73 Å². The molecule has 2 aromatic rings. The molecular formula is C13H12FIN2S. The fourth-order valence-electron chi connectivity index (χ4n) is 2.52. The highest BCUT2D eigenvalue weighted by Crippen LogP contribution is 2.42. The second kappa shape index (κ2) is 4.77. The van der Waals surface area contributed by atoms with Crippen molar-refractivity contribution in [3.8, 4) is 0 Å². The van der Waals surface area contributed by atoms with E-state index in [1.54, 1.807) is 17.4 Å². The molecule has 0 radical (unpaired) electrons. The summed E-state index contributed by atoms with van der Waals surface area (Å²) in [5, 5.41) is 0.623. The third-order valence-corrected chi connectivity index (χ3v) is 5.50. The van der Waals surface area contributed by atoms with Gasteiger partial charge in [0, 0.05) is 10.8 Å². The van der Waals surface area contributed by atoms with Crippen LogP contribution >= 0.6 is 33.9 Å². The van der Waals surface area contributed by atoms with Gasteiger partial charge >= 0.3 is 0 Å². The molecule has 2 nitrogen and oxygen atoms in total. The van der Waals surface area contributed by atoms with Crippen LogP contribution in [0.4, 0.5) is 9.52 Å². The maximum atomic E-state index is 13.7. The van der Waals surface area contributed by atoms with Crippen molar-refractivity contribution >= 4 is 39.1 Å². The third kappa shape index (κ3) is 2.03. The number of aryl methyl sites for hydroxylation is 1. The van der Waals surface area contributed by atoms with Crippen LogP contribution in [0.1, 0.15) is 34.9 Å². The topological polar surface area (TPSA) is 38.9 Å². The van der Waals surface area contributed by atoms with Gasteiger partial charge in [0.25, 0.3) is 0 Å². The summed E-state index contributed by atoms with van der Waals surface area (Å²) in [6.07, 6.45) is 3.13. The Kier molecular flexibility index (Phi) is 3.27. The fraction of sp³-hybridized carbons (Fsp3) is 0.308. The highest BCUT2D eigenvalue weighted by Gasteiger charge is 2.27.